The van der Waals surface area contributed by atoms with Gasteiger partial charge in [0, 0.05) is 23.0 Å². The highest BCUT2D eigenvalue weighted by Gasteiger charge is 2.32. The summed E-state index contributed by atoms with van der Waals surface area (Å²) in [6, 6.07) is 5.80. The molecule has 254 valence electrons. The minimum Gasteiger partial charge on any atom is -0.491 e. The third-order valence-corrected chi connectivity index (χ3v) is 12.0. The van der Waals surface area contributed by atoms with Gasteiger partial charge in [-0.15, -0.1) is 0 Å². The Bertz CT molecular complexity index is 1230. The molecule has 0 N–H and O–H groups in total. The van der Waals surface area contributed by atoms with Crippen molar-refractivity contribution >= 4 is 44.8 Å². The molecule has 1 aliphatic rings. The van der Waals surface area contributed by atoms with Gasteiger partial charge in [0.2, 0.25) is 0 Å². The molecule has 0 saturated heterocycles. The molecule has 0 heterocycles. The predicted octanol–water partition coefficient (Wildman–Crippen LogP) is 13.9. The van der Waals surface area contributed by atoms with E-state index in [0.29, 0.717) is 68.2 Å². The van der Waals surface area contributed by atoms with Crippen LogP contribution in [-0.4, -0.2) is 13.2 Å². The first-order valence-electron chi connectivity index (χ1n) is 16.7. The Hall–Kier alpha value is -0.820. The third kappa shape index (κ3) is 12.3. The van der Waals surface area contributed by atoms with E-state index in [2.05, 4.69) is 55.4 Å². The fourth-order valence-electron chi connectivity index (χ4n) is 7.43. The minimum absolute atomic E-state index is 0.00973. The molecule has 5 atom stereocenters. The van der Waals surface area contributed by atoms with Crippen molar-refractivity contribution in [3.05, 3.63) is 45.9 Å². The normalized spacial score (nSPS) is 22.9. The third-order valence-electron chi connectivity index (χ3n) is 8.99. The van der Waals surface area contributed by atoms with Crippen LogP contribution < -0.4 is 9.47 Å². The van der Waals surface area contributed by atoms with Crippen LogP contribution >= 0.6 is 44.8 Å². The van der Waals surface area contributed by atoms with Crippen LogP contribution in [-0.2, 0) is 0 Å². The summed E-state index contributed by atoms with van der Waals surface area (Å²) in [5, 5.41) is 0.678. The SMILES string of the molecule is CCCC(C)(COc1cc(F)c(SSc2cc(Cl)c(OCC3(C)C[C@H](C)CCC[C@H](C)C3)cc2F)cc1Cl)C[C@@H](C)CC(C)C. The number of rotatable bonds is 15. The highest BCUT2D eigenvalue weighted by Crippen LogP contribution is 2.46. The molecule has 0 aliphatic heterocycles. The molecule has 0 spiro atoms. The maximum absolute atomic E-state index is 15.2. The first kappa shape index (κ1) is 38.6. The van der Waals surface area contributed by atoms with Crippen molar-refractivity contribution in [3.63, 3.8) is 0 Å². The van der Waals surface area contributed by atoms with E-state index in [1.165, 1.54) is 31.4 Å². The molecule has 0 radical (unpaired) electrons. The summed E-state index contributed by atoms with van der Waals surface area (Å²) in [6.07, 6.45) is 10.2. The van der Waals surface area contributed by atoms with E-state index >= 15 is 8.78 Å². The van der Waals surface area contributed by atoms with Gasteiger partial charge >= 0.3 is 0 Å². The lowest BCUT2D eigenvalue weighted by atomic mass is 9.71. The van der Waals surface area contributed by atoms with Crippen LogP contribution in [0.4, 0.5) is 8.78 Å². The van der Waals surface area contributed by atoms with Gasteiger partial charge in [-0.3, -0.25) is 0 Å². The van der Waals surface area contributed by atoms with Gasteiger partial charge < -0.3 is 9.47 Å². The van der Waals surface area contributed by atoms with Crippen LogP contribution in [0.15, 0.2) is 34.1 Å². The average molecular weight is 704 g/mol. The van der Waals surface area contributed by atoms with Crippen molar-refractivity contribution in [1.29, 1.82) is 0 Å². The molecule has 2 unspecified atom stereocenters. The largest absolute Gasteiger partial charge is 0.491 e. The lowest BCUT2D eigenvalue weighted by Gasteiger charge is -2.36. The fraction of sp³-hybridized carbons (Fsp3) is 0.676. The molecule has 2 nitrogen and oxygen atoms in total. The smallest absolute Gasteiger partial charge is 0.141 e. The lowest BCUT2D eigenvalue weighted by Crippen LogP contribution is -2.31. The summed E-state index contributed by atoms with van der Waals surface area (Å²) in [5.41, 5.74) is -0.0156. The van der Waals surface area contributed by atoms with Gasteiger partial charge in [-0.25, -0.2) is 8.78 Å². The molecule has 2 aromatic rings. The zero-order chi connectivity index (χ0) is 33.4. The Balaban J connectivity index is 1.63. The highest BCUT2D eigenvalue weighted by molar-refractivity contribution is 8.76. The summed E-state index contributed by atoms with van der Waals surface area (Å²) < 4.78 is 42.7. The molecule has 1 fully saturated rings. The first-order valence-corrected chi connectivity index (χ1v) is 19.6. The second-order valence-corrected chi connectivity index (χ2v) is 18.1. The van der Waals surface area contributed by atoms with E-state index in [-0.39, 0.29) is 10.8 Å². The van der Waals surface area contributed by atoms with Gasteiger partial charge in [0.15, 0.2) is 0 Å². The second kappa shape index (κ2) is 17.5. The second-order valence-electron chi connectivity index (χ2n) is 15.0. The van der Waals surface area contributed by atoms with E-state index in [9.17, 15) is 0 Å². The molecule has 0 bridgehead atoms. The van der Waals surface area contributed by atoms with Crippen molar-refractivity contribution in [3.8, 4) is 11.5 Å². The standard InChI is InChI=1S/C37H54Cl2F2O2S2/c1-9-13-36(7,21-27(6)14-24(2)3)22-42-32-17-30(40)34(15-28(32)38)44-45-35-16-29(39)33(18-31(35)41)43-23-37(8)19-25(4)11-10-12-26(5)20-37/h15-18,24-27H,9-14,19-23H2,1-8H3/t25-,26+,27-,36?,37?/m0/s1. The minimum atomic E-state index is -0.459. The zero-order valence-corrected chi connectivity index (χ0v) is 31.7. The van der Waals surface area contributed by atoms with Crippen molar-refractivity contribution in [1.82, 2.24) is 0 Å². The van der Waals surface area contributed by atoms with Crippen LogP contribution in [0.25, 0.3) is 0 Å². The number of ether oxygens (including phenoxy) is 2. The van der Waals surface area contributed by atoms with Gasteiger partial charge in [0.25, 0.3) is 0 Å². The molecule has 8 heteroatoms. The van der Waals surface area contributed by atoms with Crippen molar-refractivity contribution in [2.24, 2.45) is 34.5 Å². The molecule has 1 saturated carbocycles. The monoisotopic (exact) mass is 702 g/mol. The number of hydrogen-bond donors (Lipinski definition) is 0. The Kier molecular flexibility index (Phi) is 15.1. The molecule has 0 amide bonds. The molecule has 2 aromatic carbocycles. The molecule has 45 heavy (non-hydrogen) atoms. The summed E-state index contributed by atoms with van der Waals surface area (Å²) in [7, 11) is 2.20. The Labute approximate surface area is 289 Å². The van der Waals surface area contributed by atoms with Gasteiger partial charge in [-0.2, -0.15) is 0 Å². The molecular weight excluding hydrogens is 649 g/mol. The molecular formula is C37H54Cl2F2O2S2. The number of benzene rings is 2. The molecule has 0 aromatic heterocycles. The van der Waals surface area contributed by atoms with Crippen molar-refractivity contribution in [2.45, 2.75) is 123 Å². The van der Waals surface area contributed by atoms with Gasteiger partial charge in [0.1, 0.15) is 23.1 Å². The van der Waals surface area contributed by atoms with E-state index < -0.39 is 11.6 Å². The zero-order valence-electron chi connectivity index (χ0n) is 28.5. The lowest BCUT2D eigenvalue weighted by molar-refractivity contribution is 0.0900. The van der Waals surface area contributed by atoms with Crippen LogP contribution in [0.5, 0.6) is 11.5 Å². The Morgan fingerprint density at radius 1 is 0.911 bits per heavy atom. The van der Waals surface area contributed by atoms with E-state index in [1.54, 1.807) is 12.1 Å². The highest BCUT2D eigenvalue weighted by atomic mass is 35.5. The van der Waals surface area contributed by atoms with Gasteiger partial charge in [-0.05, 0) is 89.5 Å². The average Bonchev–Trinajstić information content (AvgIpc) is 2.92. The number of hydrogen-bond acceptors (Lipinski definition) is 4. The summed E-state index contributed by atoms with van der Waals surface area (Å²) in [4.78, 5) is 0.606. The Morgan fingerprint density at radius 2 is 1.42 bits per heavy atom. The maximum atomic E-state index is 15.2. The topological polar surface area (TPSA) is 18.5 Å². The van der Waals surface area contributed by atoms with E-state index in [4.69, 9.17) is 32.7 Å². The molecule has 1 aliphatic carbocycles. The molecule has 3 rings (SSSR count). The van der Waals surface area contributed by atoms with Crippen LogP contribution in [0.3, 0.4) is 0 Å². The van der Waals surface area contributed by atoms with Crippen LogP contribution in [0.2, 0.25) is 10.0 Å². The summed E-state index contributed by atoms with van der Waals surface area (Å²) in [6.45, 7) is 19.1. The Morgan fingerprint density at radius 3 is 1.91 bits per heavy atom. The predicted molar refractivity (Wildman–Crippen MR) is 191 cm³/mol. The van der Waals surface area contributed by atoms with Gasteiger partial charge in [-0.1, -0.05) is 104 Å². The van der Waals surface area contributed by atoms with Gasteiger partial charge in [0.05, 0.1) is 33.0 Å². The van der Waals surface area contributed by atoms with E-state index in [1.807, 2.05) is 0 Å². The quantitative estimate of drug-likeness (QED) is 0.172. The van der Waals surface area contributed by atoms with Crippen LogP contribution in [0, 0.1) is 46.1 Å². The number of halogens is 4. The first-order chi connectivity index (χ1) is 21.1. The summed E-state index contributed by atoms with van der Waals surface area (Å²) in [5.74, 6) is 2.25. The van der Waals surface area contributed by atoms with Crippen molar-refractivity contribution < 1.29 is 18.3 Å². The van der Waals surface area contributed by atoms with Crippen molar-refractivity contribution in [2.75, 3.05) is 13.2 Å². The van der Waals surface area contributed by atoms with Crippen LogP contribution in [0.1, 0.15) is 113 Å². The maximum Gasteiger partial charge on any atom is 0.141 e. The summed E-state index contributed by atoms with van der Waals surface area (Å²) >= 11 is 13.1. The fourth-order valence-corrected chi connectivity index (χ4v) is 10.1. The van der Waals surface area contributed by atoms with E-state index in [0.717, 1.165) is 60.1 Å².